The lowest BCUT2D eigenvalue weighted by molar-refractivity contribution is 0.170. The number of ether oxygens (including phenoxy) is 1. The first-order valence-electron chi connectivity index (χ1n) is 6.38. The van der Waals surface area contributed by atoms with E-state index in [0.717, 1.165) is 25.0 Å². The second-order valence-electron chi connectivity index (χ2n) is 5.41. The molecule has 1 N–H and O–H groups in total. The molecular weight excluding hydrogens is 186 g/mol. The van der Waals surface area contributed by atoms with Crippen LogP contribution in [0.2, 0.25) is 0 Å². The Hall–Kier alpha value is -0.0800. The van der Waals surface area contributed by atoms with E-state index in [1.807, 2.05) is 0 Å². The van der Waals surface area contributed by atoms with Gasteiger partial charge in [-0.25, -0.2) is 0 Å². The van der Waals surface area contributed by atoms with Crippen LogP contribution in [-0.4, -0.2) is 25.8 Å². The second-order valence-corrected chi connectivity index (χ2v) is 5.41. The molecule has 1 saturated carbocycles. The van der Waals surface area contributed by atoms with Gasteiger partial charge in [-0.2, -0.15) is 0 Å². The van der Waals surface area contributed by atoms with Gasteiger partial charge in [0.25, 0.3) is 0 Å². The maximum Gasteiger partial charge on any atom is 0.0477 e. The molecule has 15 heavy (non-hydrogen) atoms. The third kappa shape index (κ3) is 4.52. The van der Waals surface area contributed by atoms with Gasteiger partial charge in [0.1, 0.15) is 0 Å². The Balaban J connectivity index is 2.30. The van der Waals surface area contributed by atoms with Gasteiger partial charge in [-0.05, 0) is 37.5 Å². The third-order valence-corrected chi connectivity index (χ3v) is 3.58. The smallest absolute Gasteiger partial charge is 0.0477 e. The van der Waals surface area contributed by atoms with Gasteiger partial charge < -0.3 is 10.1 Å². The molecule has 1 rings (SSSR count). The Bertz CT molecular complexity index is 170. The molecule has 90 valence electrons. The van der Waals surface area contributed by atoms with Crippen LogP contribution in [-0.2, 0) is 4.74 Å². The van der Waals surface area contributed by atoms with E-state index in [0.29, 0.717) is 12.0 Å². The SMILES string of the molecule is COCCC(NC1CCC(C)C1)C(C)C. The van der Waals surface area contributed by atoms with Crippen molar-refractivity contribution < 1.29 is 4.74 Å². The lowest BCUT2D eigenvalue weighted by atomic mass is 9.99. The first-order valence-corrected chi connectivity index (χ1v) is 6.38. The largest absolute Gasteiger partial charge is 0.385 e. The van der Waals surface area contributed by atoms with Crippen LogP contribution in [0.5, 0.6) is 0 Å². The van der Waals surface area contributed by atoms with Crippen molar-refractivity contribution >= 4 is 0 Å². The molecular formula is C13H27NO. The molecule has 0 radical (unpaired) electrons. The molecule has 1 aliphatic carbocycles. The normalized spacial score (nSPS) is 28.6. The molecule has 0 amide bonds. The van der Waals surface area contributed by atoms with Gasteiger partial charge in [0.15, 0.2) is 0 Å². The molecule has 3 unspecified atom stereocenters. The molecule has 1 aliphatic rings. The highest BCUT2D eigenvalue weighted by molar-refractivity contribution is 4.82. The van der Waals surface area contributed by atoms with Crippen molar-refractivity contribution in [3.05, 3.63) is 0 Å². The molecule has 0 aliphatic heterocycles. The van der Waals surface area contributed by atoms with E-state index in [1.54, 1.807) is 7.11 Å². The molecule has 0 aromatic carbocycles. The van der Waals surface area contributed by atoms with E-state index < -0.39 is 0 Å². The lowest BCUT2D eigenvalue weighted by Gasteiger charge is -2.26. The minimum atomic E-state index is 0.625. The standard InChI is InChI=1S/C13H27NO/c1-10(2)13(7-8-15-4)14-12-6-5-11(3)9-12/h10-14H,5-9H2,1-4H3. The maximum atomic E-state index is 5.17. The first kappa shape index (κ1) is 13.0. The third-order valence-electron chi connectivity index (χ3n) is 3.58. The van der Waals surface area contributed by atoms with Gasteiger partial charge in [-0.1, -0.05) is 20.8 Å². The Kier molecular flexibility index (Phi) is 5.62. The fourth-order valence-corrected chi connectivity index (χ4v) is 2.52. The van der Waals surface area contributed by atoms with Crippen LogP contribution >= 0.6 is 0 Å². The van der Waals surface area contributed by atoms with Crippen LogP contribution in [0.15, 0.2) is 0 Å². The zero-order chi connectivity index (χ0) is 11.3. The van der Waals surface area contributed by atoms with Crippen LogP contribution in [0.4, 0.5) is 0 Å². The Labute approximate surface area is 94.8 Å². The molecule has 0 bridgehead atoms. The number of hydrogen-bond acceptors (Lipinski definition) is 2. The molecule has 2 nitrogen and oxygen atoms in total. The predicted molar refractivity (Wildman–Crippen MR) is 65.1 cm³/mol. The molecule has 2 heteroatoms. The van der Waals surface area contributed by atoms with Gasteiger partial charge in [0.05, 0.1) is 0 Å². The highest BCUT2D eigenvalue weighted by Crippen LogP contribution is 2.25. The summed E-state index contributed by atoms with van der Waals surface area (Å²) in [5.41, 5.74) is 0. The van der Waals surface area contributed by atoms with Crippen LogP contribution in [0.1, 0.15) is 46.5 Å². The monoisotopic (exact) mass is 213 g/mol. The minimum Gasteiger partial charge on any atom is -0.385 e. The van der Waals surface area contributed by atoms with Gasteiger partial charge in [-0.15, -0.1) is 0 Å². The number of hydrogen-bond donors (Lipinski definition) is 1. The fraction of sp³-hybridized carbons (Fsp3) is 1.00. The molecule has 0 aromatic heterocycles. The fourth-order valence-electron chi connectivity index (χ4n) is 2.52. The topological polar surface area (TPSA) is 21.3 Å². The van der Waals surface area contributed by atoms with E-state index in [1.165, 1.54) is 19.3 Å². The van der Waals surface area contributed by atoms with Crippen LogP contribution in [0, 0.1) is 11.8 Å². The summed E-state index contributed by atoms with van der Waals surface area (Å²) >= 11 is 0. The summed E-state index contributed by atoms with van der Waals surface area (Å²) in [5, 5.41) is 3.80. The Morgan fingerprint density at radius 3 is 2.53 bits per heavy atom. The summed E-state index contributed by atoms with van der Waals surface area (Å²) in [4.78, 5) is 0. The summed E-state index contributed by atoms with van der Waals surface area (Å²) in [7, 11) is 1.79. The molecule has 0 spiro atoms. The van der Waals surface area contributed by atoms with Crippen molar-refractivity contribution in [1.82, 2.24) is 5.32 Å². The molecule has 1 fully saturated rings. The van der Waals surface area contributed by atoms with Crippen molar-refractivity contribution in [2.75, 3.05) is 13.7 Å². The lowest BCUT2D eigenvalue weighted by Crippen LogP contribution is -2.41. The van der Waals surface area contributed by atoms with Gasteiger partial charge >= 0.3 is 0 Å². The number of rotatable bonds is 6. The van der Waals surface area contributed by atoms with Gasteiger partial charge in [0.2, 0.25) is 0 Å². The highest BCUT2D eigenvalue weighted by Gasteiger charge is 2.24. The van der Waals surface area contributed by atoms with Gasteiger partial charge in [0, 0.05) is 25.8 Å². The average Bonchev–Trinajstić information content (AvgIpc) is 2.58. The summed E-state index contributed by atoms with van der Waals surface area (Å²) < 4.78 is 5.17. The molecule has 0 saturated heterocycles. The number of methoxy groups -OCH3 is 1. The zero-order valence-corrected chi connectivity index (χ0v) is 10.8. The summed E-state index contributed by atoms with van der Waals surface area (Å²) in [6.45, 7) is 7.83. The summed E-state index contributed by atoms with van der Waals surface area (Å²) in [6, 6.07) is 1.38. The quantitative estimate of drug-likeness (QED) is 0.732. The Morgan fingerprint density at radius 1 is 1.33 bits per heavy atom. The van der Waals surface area contributed by atoms with E-state index in [-0.39, 0.29) is 0 Å². The van der Waals surface area contributed by atoms with E-state index >= 15 is 0 Å². The predicted octanol–water partition coefficient (Wildman–Crippen LogP) is 2.83. The van der Waals surface area contributed by atoms with Crippen LogP contribution in [0.3, 0.4) is 0 Å². The van der Waals surface area contributed by atoms with Crippen molar-refractivity contribution in [3.8, 4) is 0 Å². The zero-order valence-electron chi connectivity index (χ0n) is 10.8. The van der Waals surface area contributed by atoms with E-state index in [2.05, 4.69) is 26.1 Å². The van der Waals surface area contributed by atoms with Crippen LogP contribution < -0.4 is 5.32 Å². The Morgan fingerprint density at radius 2 is 2.07 bits per heavy atom. The van der Waals surface area contributed by atoms with Gasteiger partial charge in [-0.3, -0.25) is 0 Å². The maximum absolute atomic E-state index is 5.17. The average molecular weight is 213 g/mol. The van der Waals surface area contributed by atoms with E-state index in [4.69, 9.17) is 4.74 Å². The van der Waals surface area contributed by atoms with Crippen molar-refractivity contribution in [2.24, 2.45) is 11.8 Å². The van der Waals surface area contributed by atoms with Crippen molar-refractivity contribution in [1.29, 1.82) is 0 Å². The number of nitrogens with one attached hydrogen (secondary N) is 1. The molecule has 0 aromatic rings. The summed E-state index contributed by atoms with van der Waals surface area (Å²) in [6.07, 6.45) is 5.25. The minimum absolute atomic E-state index is 0.625. The molecule has 0 heterocycles. The van der Waals surface area contributed by atoms with Crippen molar-refractivity contribution in [3.63, 3.8) is 0 Å². The van der Waals surface area contributed by atoms with Crippen LogP contribution in [0.25, 0.3) is 0 Å². The highest BCUT2D eigenvalue weighted by atomic mass is 16.5. The molecule has 3 atom stereocenters. The van der Waals surface area contributed by atoms with E-state index in [9.17, 15) is 0 Å². The second kappa shape index (κ2) is 6.49. The van der Waals surface area contributed by atoms with Crippen molar-refractivity contribution in [2.45, 2.75) is 58.5 Å². The summed E-state index contributed by atoms with van der Waals surface area (Å²) in [5.74, 6) is 1.62. The first-order chi connectivity index (χ1) is 7.13.